The average Bonchev–Trinajstić information content (AvgIpc) is 2.09. The smallest absolute Gasteiger partial charge is 0.307 e. The Kier molecular flexibility index (Phi) is 2.42. The number of aromatic nitrogens is 1. The third kappa shape index (κ3) is 2.13. The molecule has 1 aromatic heterocycles. The van der Waals surface area contributed by atoms with E-state index in [1.54, 1.807) is 0 Å². The first-order valence-corrected chi connectivity index (χ1v) is 3.60. The number of nitrogens with one attached hydrogen (secondary N) is 1. The largest absolute Gasteiger partial charge is 0.481 e. The van der Waals surface area contributed by atoms with Crippen molar-refractivity contribution < 1.29 is 9.90 Å². The molecule has 1 rings (SSSR count). The van der Waals surface area contributed by atoms with Gasteiger partial charge in [0, 0.05) is 5.56 Å². The van der Waals surface area contributed by atoms with Gasteiger partial charge < -0.3 is 10.1 Å². The van der Waals surface area contributed by atoms with Crippen molar-refractivity contribution in [3.8, 4) is 0 Å². The molecular weight excluding hydrogens is 189 g/mol. The number of aliphatic carboxylic acids is 1. The van der Waals surface area contributed by atoms with Gasteiger partial charge in [0.05, 0.1) is 6.42 Å². The lowest BCUT2D eigenvalue weighted by molar-refractivity contribution is -0.136. The zero-order valence-corrected chi connectivity index (χ0v) is 6.91. The lowest BCUT2D eigenvalue weighted by Gasteiger charge is -1.89. The van der Waals surface area contributed by atoms with E-state index in [0.29, 0.717) is 10.7 Å². The molecule has 1 aromatic rings. The topological polar surface area (TPSA) is 53.1 Å². The molecule has 2 N–H and O–H groups in total. The highest BCUT2D eigenvalue weighted by molar-refractivity contribution is 6.33. The summed E-state index contributed by atoms with van der Waals surface area (Å²) in [6.45, 7) is 0. The molecule has 0 aliphatic carbocycles. The van der Waals surface area contributed by atoms with E-state index in [9.17, 15) is 4.79 Å². The number of halogens is 2. The molecule has 0 saturated carbocycles. The quantitative estimate of drug-likeness (QED) is 0.755. The first-order valence-electron chi connectivity index (χ1n) is 2.84. The van der Waals surface area contributed by atoms with Gasteiger partial charge >= 0.3 is 5.97 Å². The molecule has 0 bridgehead atoms. The summed E-state index contributed by atoms with van der Waals surface area (Å²) in [4.78, 5) is 12.8. The molecule has 1 heterocycles. The van der Waals surface area contributed by atoms with Crippen molar-refractivity contribution in [3.63, 3.8) is 0 Å². The number of aromatic amines is 1. The summed E-state index contributed by atoms with van der Waals surface area (Å²) in [5.74, 6) is -0.928. The Morgan fingerprint density at radius 2 is 2.27 bits per heavy atom. The summed E-state index contributed by atoms with van der Waals surface area (Å²) in [6, 6.07) is 1.50. The molecule has 5 heteroatoms. The highest BCUT2D eigenvalue weighted by Gasteiger charge is 2.07. The van der Waals surface area contributed by atoms with Crippen molar-refractivity contribution in [3.05, 3.63) is 21.9 Å². The molecular formula is C6H5Cl2NO2. The van der Waals surface area contributed by atoms with Gasteiger partial charge in [0.2, 0.25) is 0 Å². The van der Waals surface area contributed by atoms with Crippen molar-refractivity contribution in [2.24, 2.45) is 0 Å². The van der Waals surface area contributed by atoms with Crippen molar-refractivity contribution in [1.29, 1.82) is 0 Å². The van der Waals surface area contributed by atoms with E-state index < -0.39 is 5.97 Å². The van der Waals surface area contributed by atoms with Crippen molar-refractivity contribution >= 4 is 29.2 Å². The van der Waals surface area contributed by atoms with E-state index in [2.05, 4.69) is 4.98 Å². The molecule has 0 spiro atoms. The van der Waals surface area contributed by atoms with E-state index in [0.717, 1.165) is 0 Å². The standard InChI is InChI=1S/C6H5Cl2NO2/c7-4-1-3(2-5(10)11)6(8)9-4/h1,9H,2H2,(H,10,11). The van der Waals surface area contributed by atoms with Crippen LogP contribution in [0, 0.1) is 0 Å². The lowest BCUT2D eigenvalue weighted by Crippen LogP contribution is -1.98. The number of carbonyl (C=O) groups is 1. The van der Waals surface area contributed by atoms with E-state index in [1.165, 1.54) is 6.07 Å². The molecule has 60 valence electrons. The number of carboxylic acid groups (broad SMARTS) is 1. The van der Waals surface area contributed by atoms with Gasteiger partial charge in [-0.1, -0.05) is 23.2 Å². The van der Waals surface area contributed by atoms with Crippen LogP contribution >= 0.6 is 23.2 Å². The summed E-state index contributed by atoms with van der Waals surface area (Å²) in [6.07, 6.45) is -0.109. The fraction of sp³-hybridized carbons (Fsp3) is 0.167. The fourth-order valence-electron chi connectivity index (χ4n) is 0.729. The van der Waals surface area contributed by atoms with Crippen molar-refractivity contribution in [2.45, 2.75) is 6.42 Å². The van der Waals surface area contributed by atoms with Crippen LogP contribution in [0.3, 0.4) is 0 Å². The summed E-state index contributed by atoms with van der Waals surface area (Å²) in [5.41, 5.74) is 0.504. The third-order valence-electron chi connectivity index (χ3n) is 1.15. The van der Waals surface area contributed by atoms with Crippen LogP contribution in [0.1, 0.15) is 5.56 Å². The second kappa shape index (κ2) is 3.15. The highest BCUT2D eigenvalue weighted by Crippen LogP contribution is 2.19. The minimum atomic E-state index is -0.928. The minimum Gasteiger partial charge on any atom is -0.481 e. The predicted octanol–water partition coefficient (Wildman–Crippen LogP) is 1.95. The van der Waals surface area contributed by atoms with Gasteiger partial charge in [-0.05, 0) is 6.07 Å². The molecule has 0 aliphatic rings. The van der Waals surface area contributed by atoms with Gasteiger partial charge in [-0.15, -0.1) is 0 Å². The van der Waals surface area contributed by atoms with Crippen LogP contribution in [0.15, 0.2) is 6.07 Å². The summed E-state index contributed by atoms with van der Waals surface area (Å²) in [5, 5.41) is 9.03. The van der Waals surface area contributed by atoms with Gasteiger partial charge in [-0.25, -0.2) is 0 Å². The van der Waals surface area contributed by atoms with Crippen LogP contribution in [-0.4, -0.2) is 16.1 Å². The minimum absolute atomic E-state index is 0.109. The van der Waals surface area contributed by atoms with E-state index in [1.807, 2.05) is 0 Å². The lowest BCUT2D eigenvalue weighted by atomic mass is 10.2. The Labute approximate surface area is 72.9 Å². The second-order valence-electron chi connectivity index (χ2n) is 2.03. The molecule has 0 unspecified atom stereocenters. The number of hydrogen-bond donors (Lipinski definition) is 2. The molecule has 0 aromatic carbocycles. The maximum atomic E-state index is 10.2. The maximum absolute atomic E-state index is 10.2. The molecule has 0 atom stereocenters. The van der Waals surface area contributed by atoms with Crippen LogP contribution < -0.4 is 0 Å². The Bertz CT molecular complexity index is 282. The van der Waals surface area contributed by atoms with Crippen LogP contribution in [-0.2, 0) is 11.2 Å². The summed E-state index contributed by atoms with van der Waals surface area (Å²) < 4.78 is 0. The van der Waals surface area contributed by atoms with Crippen molar-refractivity contribution in [2.75, 3.05) is 0 Å². The maximum Gasteiger partial charge on any atom is 0.307 e. The van der Waals surface area contributed by atoms with Crippen LogP contribution in [0.4, 0.5) is 0 Å². The highest BCUT2D eigenvalue weighted by atomic mass is 35.5. The van der Waals surface area contributed by atoms with E-state index >= 15 is 0 Å². The molecule has 0 fully saturated rings. The molecule has 11 heavy (non-hydrogen) atoms. The van der Waals surface area contributed by atoms with Crippen molar-refractivity contribution in [1.82, 2.24) is 4.98 Å². The van der Waals surface area contributed by atoms with E-state index in [-0.39, 0.29) is 11.6 Å². The number of carboxylic acids is 1. The Morgan fingerprint density at radius 3 is 2.64 bits per heavy atom. The molecule has 3 nitrogen and oxygen atoms in total. The third-order valence-corrected chi connectivity index (χ3v) is 1.69. The molecule has 0 amide bonds. The second-order valence-corrected chi connectivity index (χ2v) is 2.81. The van der Waals surface area contributed by atoms with Gasteiger partial charge in [0.25, 0.3) is 0 Å². The molecule has 0 aliphatic heterocycles. The van der Waals surface area contributed by atoms with Gasteiger partial charge in [0.1, 0.15) is 10.3 Å². The van der Waals surface area contributed by atoms with Gasteiger partial charge in [-0.3, -0.25) is 4.79 Å². The van der Waals surface area contributed by atoms with Gasteiger partial charge in [0.15, 0.2) is 0 Å². The Balaban J connectivity index is 2.85. The Morgan fingerprint density at radius 1 is 1.64 bits per heavy atom. The number of hydrogen-bond acceptors (Lipinski definition) is 1. The van der Waals surface area contributed by atoms with Crippen LogP contribution in [0.5, 0.6) is 0 Å². The first-order chi connectivity index (χ1) is 5.09. The predicted molar refractivity (Wildman–Crippen MR) is 42.2 cm³/mol. The number of H-pyrrole nitrogens is 1. The first kappa shape index (κ1) is 8.43. The molecule has 0 radical (unpaired) electrons. The van der Waals surface area contributed by atoms with Crippen LogP contribution in [0.25, 0.3) is 0 Å². The monoisotopic (exact) mass is 193 g/mol. The zero-order valence-electron chi connectivity index (χ0n) is 5.40. The van der Waals surface area contributed by atoms with Gasteiger partial charge in [-0.2, -0.15) is 0 Å². The zero-order chi connectivity index (χ0) is 8.43. The molecule has 0 saturated heterocycles. The summed E-state index contributed by atoms with van der Waals surface area (Å²) >= 11 is 11.1. The Hall–Kier alpha value is -0.670. The SMILES string of the molecule is O=C(O)Cc1cc(Cl)[nH]c1Cl. The van der Waals surface area contributed by atoms with E-state index in [4.69, 9.17) is 28.3 Å². The van der Waals surface area contributed by atoms with Crippen LogP contribution in [0.2, 0.25) is 10.3 Å². The normalized spacial score (nSPS) is 10.0. The average molecular weight is 194 g/mol. The fourth-order valence-corrected chi connectivity index (χ4v) is 1.23. The number of rotatable bonds is 2. The summed E-state index contributed by atoms with van der Waals surface area (Å²) in [7, 11) is 0.